The first-order valence-corrected chi connectivity index (χ1v) is 10.6. The van der Waals surface area contributed by atoms with Crippen molar-refractivity contribution in [3.63, 3.8) is 0 Å². The second kappa shape index (κ2) is 11.0. The SMILES string of the molecule is COc1cccc(/C=N\NC(=O)C(=O)NCc2ccc3c(c2)OCO3)c1OCc1ccc(F)cc1. The molecule has 0 aromatic heterocycles. The quantitative estimate of drug-likeness (QED) is 0.292. The maximum absolute atomic E-state index is 13.1. The third-order valence-corrected chi connectivity index (χ3v) is 4.99. The molecule has 1 aliphatic rings. The molecule has 0 unspecified atom stereocenters. The summed E-state index contributed by atoms with van der Waals surface area (Å²) in [5.74, 6) is -0.0767. The number of hydrogen-bond donors (Lipinski definition) is 2. The van der Waals surface area contributed by atoms with E-state index < -0.39 is 11.8 Å². The van der Waals surface area contributed by atoms with E-state index in [1.54, 1.807) is 48.5 Å². The fourth-order valence-corrected chi connectivity index (χ4v) is 3.21. The van der Waals surface area contributed by atoms with Gasteiger partial charge < -0.3 is 24.3 Å². The van der Waals surface area contributed by atoms with Crippen LogP contribution >= 0.6 is 0 Å². The van der Waals surface area contributed by atoms with Crippen LogP contribution in [0.5, 0.6) is 23.0 Å². The maximum atomic E-state index is 13.1. The Morgan fingerprint density at radius 3 is 2.60 bits per heavy atom. The normalized spacial score (nSPS) is 11.8. The minimum Gasteiger partial charge on any atom is -0.493 e. The molecule has 0 bridgehead atoms. The van der Waals surface area contributed by atoms with Gasteiger partial charge in [-0.15, -0.1) is 0 Å². The first-order valence-electron chi connectivity index (χ1n) is 10.6. The number of para-hydroxylation sites is 1. The topological polar surface area (TPSA) is 107 Å². The highest BCUT2D eigenvalue weighted by Crippen LogP contribution is 2.32. The van der Waals surface area contributed by atoms with Gasteiger partial charge in [0.15, 0.2) is 23.0 Å². The highest BCUT2D eigenvalue weighted by molar-refractivity contribution is 6.35. The molecular formula is C25H22FN3O6. The lowest BCUT2D eigenvalue weighted by Crippen LogP contribution is -2.37. The second-order valence-electron chi connectivity index (χ2n) is 7.36. The Morgan fingerprint density at radius 1 is 1.03 bits per heavy atom. The summed E-state index contributed by atoms with van der Waals surface area (Å²) in [4.78, 5) is 24.2. The number of ether oxygens (including phenoxy) is 4. The molecule has 3 aromatic rings. The average molecular weight is 479 g/mol. The van der Waals surface area contributed by atoms with Gasteiger partial charge in [-0.05, 0) is 47.5 Å². The number of rotatable bonds is 8. The van der Waals surface area contributed by atoms with Crippen LogP contribution in [0.25, 0.3) is 0 Å². The number of methoxy groups -OCH3 is 1. The number of nitrogens with zero attached hydrogens (tertiary/aromatic N) is 1. The molecule has 9 nitrogen and oxygen atoms in total. The van der Waals surface area contributed by atoms with Gasteiger partial charge in [-0.3, -0.25) is 9.59 Å². The summed E-state index contributed by atoms with van der Waals surface area (Å²) in [6, 6.07) is 16.3. The van der Waals surface area contributed by atoms with Crippen LogP contribution in [0.4, 0.5) is 4.39 Å². The predicted molar refractivity (Wildman–Crippen MR) is 124 cm³/mol. The van der Waals surface area contributed by atoms with Crippen LogP contribution in [0.1, 0.15) is 16.7 Å². The van der Waals surface area contributed by atoms with Crippen molar-refractivity contribution >= 4 is 18.0 Å². The van der Waals surface area contributed by atoms with E-state index in [-0.39, 0.29) is 25.8 Å². The van der Waals surface area contributed by atoms with Crippen molar-refractivity contribution in [2.45, 2.75) is 13.2 Å². The average Bonchev–Trinajstić information content (AvgIpc) is 3.35. The van der Waals surface area contributed by atoms with Crippen LogP contribution in [-0.4, -0.2) is 31.9 Å². The molecule has 0 fully saturated rings. The molecule has 0 saturated carbocycles. The van der Waals surface area contributed by atoms with Gasteiger partial charge in [0.25, 0.3) is 0 Å². The van der Waals surface area contributed by atoms with Gasteiger partial charge >= 0.3 is 11.8 Å². The molecule has 2 N–H and O–H groups in total. The highest BCUT2D eigenvalue weighted by Gasteiger charge is 2.16. The molecule has 0 spiro atoms. The minimum atomic E-state index is -0.932. The summed E-state index contributed by atoms with van der Waals surface area (Å²) >= 11 is 0. The van der Waals surface area contributed by atoms with E-state index in [2.05, 4.69) is 15.8 Å². The van der Waals surface area contributed by atoms with E-state index in [0.717, 1.165) is 11.1 Å². The van der Waals surface area contributed by atoms with Crippen molar-refractivity contribution in [1.82, 2.24) is 10.7 Å². The molecule has 2 amide bonds. The van der Waals surface area contributed by atoms with Crippen molar-refractivity contribution in [2.24, 2.45) is 5.10 Å². The number of hydrogen-bond acceptors (Lipinski definition) is 7. The summed E-state index contributed by atoms with van der Waals surface area (Å²) in [5.41, 5.74) is 4.20. The second-order valence-corrected chi connectivity index (χ2v) is 7.36. The number of fused-ring (bicyclic) bond motifs is 1. The van der Waals surface area contributed by atoms with Gasteiger partial charge in [0, 0.05) is 12.1 Å². The molecule has 0 radical (unpaired) electrons. The molecule has 0 saturated heterocycles. The summed E-state index contributed by atoms with van der Waals surface area (Å²) in [6.45, 7) is 0.442. The molecule has 180 valence electrons. The largest absolute Gasteiger partial charge is 0.493 e. The van der Waals surface area contributed by atoms with Gasteiger partial charge in [0.05, 0.1) is 13.3 Å². The minimum absolute atomic E-state index is 0.129. The number of amides is 2. The third kappa shape index (κ3) is 6.05. The van der Waals surface area contributed by atoms with Crippen molar-refractivity contribution in [2.75, 3.05) is 13.9 Å². The van der Waals surface area contributed by atoms with E-state index in [9.17, 15) is 14.0 Å². The fourth-order valence-electron chi connectivity index (χ4n) is 3.21. The Bertz CT molecular complexity index is 1250. The van der Waals surface area contributed by atoms with E-state index in [4.69, 9.17) is 18.9 Å². The van der Waals surface area contributed by atoms with Gasteiger partial charge in [-0.1, -0.05) is 24.3 Å². The Morgan fingerprint density at radius 2 is 1.80 bits per heavy atom. The summed E-state index contributed by atoms with van der Waals surface area (Å²) in [6.07, 6.45) is 1.34. The Balaban J connectivity index is 1.34. The van der Waals surface area contributed by atoms with Crippen molar-refractivity contribution in [1.29, 1.82) is 0 Å². The van der Waals surface area contributed by atoms with E-state index in [1.165, 1.54) is 25.5 Å². The highest BCUT2D eigenvalue weighted by atomic mass is 19.1. The Kier molecular flexibility index (Phi) is 7.41. The lowest BCUT2D eigenvalue weighted by Gasteiger charge is -2.13. The zero-order valence-corrected chi connectivity index (χ0v) is 18.7. The first kappa shape index (κ1) is 23.6. The lowest BCUT2D eigenvalue weighted by atomic mass is 10.2. The fraction of sp³-hybridized carbons (Fsp3) is 0.160. The molecule has 1 heterocycles. The van der Waals surface area contributed by atoms with Crippen LogP contribution < -0.4 is 29.7 Å². The summed E-state index contributed by atoms with van der Waals surface area (Å²) in [5, 5.41) is 6.38. The summed E-state index contributed by atoms with van der Waals surface area (Å²) < 4.78 is 34.9. The zero-order chi connectivity index (χ0) is 24.6. The van der Waals surface area contributed by atoms with Crippen LogP contribution in [0.3, 0.4) is 0 Å². The van der Waals surface area contributed by atoms with Crippen molar-refractivity contribution < 1.29 is 32.9 Å². The molecule has 10 heteroatoms. The molecule has 1 aliphatic heterocycles. The Hall–Kier alpha value is -4.60. The van der Waals surface area contributed by atoms with Gasteiger partial charge in [0.2, 0.25) is 6.79 Å². The van der Waals surface area contributed by atoms with Gasteiger partial charge in [0.1, 0.15) is 12.4 Å². The molecule has 0 atom stereocenters. The number of carbonyl (C=O) groups is 2. The van der Waals surface area contributed by atoms with Crippen LogP contribution in [-0.2, 0) is 22.7 Å². The summed E-state index contributed by atoms with van der Waals surface area (Å²) in [7, 11) is 1.49. The standard InChI is InChI=1S/C25H22FN3O6/c1-32-21-4-2-3-18(23(21)33-14-16-5-8-19(26)9-6-16)13-28-29-25(31)24(30)27-12-17-7-10-20-22(11-17)35-15-34-20/h2-11,13H,12,14-15H2,1H3,(H,27,30)(H,29,31)/b28-13-. The van der Waals surface area contributed by atoms with E-state index in [1.807, 2.05) is 0 Å². The Labute approximate surface area is 200 Å². The molecule has 4 rings (SSSR count). The maximum Gasteiger partial charge on any atom is 0.329 e. The first-order chi connectivity index (χ1) is 17.0. The third-order valence-electron chi connectivity index (χ3n) is 4.99. The van der Waals surface area contributed by atoms with E-state index in [0.29, 0.717) is 28.6 Å². The molecule has 3 aromatic carbocycles. The van der Waals surface area contributed by atoms with Gasteiger partial charge in [-0.2, -0.15) is 5.10 Å². The monoisotopic (exact) mass is 479 g/mol. The van der Waals surface area contributed by atoms with Crippen LogP contribution in [0.15, 0.2) is 65.8 Å². The van der Waals surface area contributed by atoms with Crippen LogP contribution in [0.2, 0.25) is 0 Å². The number of hydrazone groups is 1. The number of carbonyl (C=O) groups excluding carboxylic acids is 2. The lowest BCUT2D eigenvalue weighted by molar-refractivity contribution is -0.139. The zero-order valence-electron chi connectivity index (χ0n) is 18.7. The van der Waals surface area contributed by atoms with Crippen molar-refractivity contribution in [3.8, 4) is 23.0 Å². The number of nitrogens with one attached hydrogen (secondary N) is 2. The van der Waals surface area contributed by atoms with Crippen LogP contribution in [0, 0.1) is 5.82 Å². The predicted octanol–water partition coefficient (Wildman–Crippen LogP) is 2.91. The number of halogens is 1. The molecule has 35 heavy (non-hydrogen) atoms. The molecular weight excluding hydrogens is 457 g/mol. The van der Waals surface area contributed by atoms with E-state index >= 15 is 0 Å². The number of benzene rings is 3. The molecule has 0 aliphatic carbocycles. The van der Waals surface area contributed by atoms with Crippen molar-refractivity contribution in [3.05, 3.63) is 83.2 Å². The van der Waals surface area contributed by atoms with Gasteiger partial charge in [-0.25, -0.2) is 9.82 Å². The smallest absolute Gasteiger partial charge is 0.329 e.